The molecular formula is C19H28Cl2FN3O2. The van der Waals surface area contributed by atoms with Crippen molar-refractivity contribution in [2.75, 3.05) is 31.1 Å². The monoisotopic (exact) mass is 419 g/mol. The second kappa shape index (κ2) is 9.71. The van der Waals surface area contributed by atoms with Crippen molar-refractivity contribution in [1.82, 2.24) is 4.90 Å². The largest absolute Gasteiger partial charge is 0.366 e. The number of hydrogen-bond acceptors (Lipinski definition) is 4. The topological polar surface area (TPSA) is 66.6 Å². The lowest BCUT2D eigenvalue weighted by molar-refractivity contribution is -0.138. The summed E-state index contributed by atoms with van der Waals surface area (Å²) in [6.07, 6.45) is 4.68. The smallest absolute Gasteiger partial charge is 0.242 e. The molecule has 2 fully saturated rings. The van der Waals surface area contributed by atoms with E-state index in [4.69, 9.17) is 5.73 Å². The van der Waals surface area contributed by atoms with E-state index in [9.17, 15) is 14.0 Å². The van der Waals surface area contributed by atoms with Gasteiger partial charge in [-0.3, -0.25) is 9.59 Å². The maximum atomic E-state index is 14.3. The van der Waals surface area contributed by atoms with Crippen LogP contribution < -0.4 is 10.6 Å². The van der Waals surface area contributed by atoms with E-state index in [0.717, 1.165) is 32.1 Å². The van der Waals surface area contributed by atoms with Gasteiger partial charge >= 0.3 is 0 Å². The van der Waals surface area contributed by atoms with Gasteiger partial charge in [0.25, 0.3) is 0 Å². The van der Waals surface area contributed by atoms with Gasteiger partial charge in [0.15, 0.2) is 5.78 Å². The summed E-state index contributed by atoms with van der Waals surface area (Å²) in [6, 6.07) is 4.58. The molecule has 1 aliphatic heterocycles. The van der Waals surface area contributed by atoms with Crippen molar-refractivity contribution < 1.29 is 14.0 Å². The molecule has 8 heteroatoms. The number of halogens is 3. The van der Waals surface area contributed by atoms with E-state index in [0.29, 0.717) is 37.4 Å². The third-order valence-electron chi connectivity index (χ3n) is 5.43. The second-order valence-corrected chi connectivity index (χ2v) is 7.22. The van der Waals surface area contributed by atoms with Gasteiger partial charge in [0.05, 0.1) is 11.2 Å². The van der Waals surface area contributed by atoms with Crippen LogP contribution in [0.15, 0.2) is 18.2 Å². The number of amides is 1. The van der Waals surface area contributed by atoms with Crippen LogP contribution in [-0.2, 0) is 4.79 Å². The van der Waals surface area contributed by atoms with Crippen molar-refractivity contribution in [1.29, 1.82) is 0 Å². The first-order valence-corrected chi connectivity index (χ1v) is 9.04. The highest BCUT2D eigenvalue weighted by atomic mass is 35.5. The molecule has 0 aromatic heterocycles. The van der Waals surface area contributed by atoms with Crippen molar-refractivity contribution in [2.24, 2.45) is 5.73 Å². The maximum absolute atomic E-state index is 14.3. The van der Waals surface area contributed by atoms with Crippen LogP contribution in [0.1, 0.15) is 49.4 Å². The normalized spacial score (nSPS) is 18.9. The fraction of sp³-hybridized carbons (Fsp3) is 0.579. The van der Waals surface area contributed by atoms with Crippen LogP contribution in [0, 0.1) is 5.82 Å². The summed E-state index contributed by atoms with van der Waals surface area (Å²) in [4.78, 5) is 27.9. The molecule has 2 N–H and O–H groups in total. The molecular weight excluding hydrogens is 392 g/mol. The first kappa shape index (κ1) is 23.7. The van der Waals surface area contributed by atoms with E-state index < -0.39 is 11.4 Å². The van der Waals surface area contributed by atoms with Gasteiger partial charge in [0.1, 0.15) is 5.82 Å². The minimum atomic E-state index is -0.713. The van der Waals surface area contributed by atoms with Gasteiger partial charge < -0.3 is 15.5 Å². The summed E-state index contributed by atoms with van der Waals surface area (Å²) in [5.74, 6) is -0.504. The van der Waals surface area contributed by atoms with E-state index in [1.807, 2.05) is 9.80 Å². The number of anilines is 1. The number of Topliss-reactive ketones (excluding diaryl/α,β-unsaturated/α-hetero) is 1. The molecule has 1 aromatic carbocycles. The van der Waals surface area contributed by atoms with Gasteiger partial charge in [-0.15, -0.1) is 24.8 Å². The number of carbonyl (C=O) groups excluding carboxylic acids is 2. The van der Waals surface area contributed by atoms with E-state index in [-0.39, 0.29) is 36.5 Å². The Morgan fingerprint density at radius 1 is 1.04 bits per heavy atom. The molecule has 1 aromatic rings. The van der Waals surface area contributed by atoms with Gasteiger partial charge in [-0.05, 0) is 38.0 Å². The summed E-state index contributed by atoms with van der Waals surface area (Å²) in [6.45, 7) is 3.65. The Labute approximate surface area is 172 Å². The Bertz CT molecular complexity index is 673. The Morgan fingerprint density at radius 2 is 1.63 bits per heavy atom. The Kier molecular flexibility index (Phi) is 8.51. The summed E-state index contributed by atoms with van der Waals surface area (Å²) >= 11 is 0. The highest BCUT2D eigenvalue weighted by molar-refractivity contribution is 5.94. The standard InChI is InChI=1S/C19H26FN3O2.2ClH/c1-14(24)15-5-6-17(16(20)13-15)22-9-11-23(12-10-22)18(25)19(21)7-3-2-4-8-19;;/h5-6,13H,2-4,7-12,21H2,1H3;2*1H. The van der Waals surface area contributed by atoms with Crippen molar-refractivity contribution in [3.63, 3.8) is 0 Å². The summed E-state index contributed by atoms with van der Waals surface area (Å²) in [5.41, 5.74) is 6.49. The number of nitrogens with zero attached hydrogens (tertiary/aromatic N) is 2. The van der Waals surface area contributed by atoms with Crippen molar-refractivity contribution in [3.8, 4) is 0 Å². The van der Waals surface area contributed by atoms with Gasteiger partial charge in [-0.1, -0.05) is 19.3 Å². The van der Waals surface area contributed by atoms with Crippen molar-refractivity contribution in [3.05, 3.63) is 29.6 Å². The molecule has 5 nitrogen and oxygen atoms in total. The van der Waals surface area contributed by atoms with Gasteiger partial charge in [0.2, 0.25) is 5.91 Å². The first-order valence-electron chi connectivity index (χ1n) is 9.04. The zero-order valence-electron chi connectivity index (χ0n) is 15.6. The van der Waals surface area contributed by atoms with Gasteiger partial charge in [-0.25, -0.2) is 4.39 Å². The van der Waals surface area contributed by atoms with E-state index in [1.54, 1.807) is 12.1 Å². The predicted molar refractivity (Wildman–Crippen MR) is 110 cm³/mol. The Hall–Kier alpha value is -1.37. The fourth-order valence-corrected chi connectivity index (χ4v) is 3.84. The molecule has 0 unspecified atom stereocenters. The highest BCUT2D eigenvalue weighted by Crippen LogP contribution is 2.29. The quantitative estimate of drug-likeness (QED) is 0.763. The third kappa shape index (κ3) is 5.12. The lowest BCUT2D eigenvalue weighted by Crippen LogP contribution is -2.60. The summed E-state index contributed by atoms with van der Waals surface area (Å²) < 4.78 is 14.3. The lowest BCUT2D eigenvalue weighted by atomic mass is 9.81. The molecule has 0 bridgehead atoms. The maximum Gasteiger partial charge on any atom is 0.242 e. The van der Waals surface area contributed by atoms with Crippen LogP contribution in [0.25, 0.3) is 0 Å². The van der Waals surface area contributed by atoms with Crippen LogP contribution >= 0.6 is 24.8 Å². The van der Waals surface area contributed by atoms with Crippen molar-refractivity contribution in [2.45, 2.75) is 44.6 Å². The minimum Gasteiger partial charge on any atom is -0.366 e. The average molecular weight is 420 g/mol. The third-order valence-corrected chi connectivity index (χ3v) is 5.43. The van der Waals surface area contributed by atoms with Crippen LogP contribution in [0.2, 0.25) is 0 Å². The molecule has 1 saturated carbocycles. The van der Waals surface area contributed by atoms with Crippen LogP contribution in [-0.4, -0.2) is 48.3 Å². The summed E-state index contributed by atoms with van der Waals surface area (Å²) in [7, 11) is 0. The zero-order valence-corrected chi connectivity index (χ0v) is 17.2. The number of piperazine rings is 1. The minimum absolute atomic E-state index is 0. The van der Waals surface area contributed by atoms with Crippen LogP contribution in [0.5, 0.6) is 0 Å². The number of hydrogen-bond donors (Lipinski definition) is 1. The predicted octanol–water partition coefficient (Wildman–Crippen LogP) is 3.18. The molecule has 0 spiro atoms. The number of rotatable bonds is 3. The molecule has 0 atom stereocenters. The molecule has 1 amide bonds. The van der Waals surface area contributed by atoms with Gasteiger partial charge in [0, 0.05) is 31.7 Å². The fourth-order valence-electron chi connectivity index (χ4n) is 3.84. The molecule has 2 aliphatic rings. The highest BCUT2D eigenvalue weighted by Gasteiger charge is 2.39. The molecule has 1 heterocycles. The Morgan fingerprint density at radius 3 is 2.15 bits per heavy atom. The molecule has 3 rings (SSSR count). The first-order chi connectivity index (χ1) is 11.9. The van der Waals surface area contributed by atoms with E-state index >= 15 is 0 Å². The molecule has 1 aliphatic carbocycles. The number of carbonyl (C=O) groups is 2. The molecule has 27 heavy (non-hydrogen) atoms. The van der Waals surface area contributed by atoms with Crippen LogP contribution in [0.4, 0.5) is 10.1 Å². The molecule has 152 valence electrons. The number of benzene rings is 1. The number of ketones is 1. The lowest BCUT2D eigenvalue weighted by Gasteiger charge is -2.41. The SMILES string of the molecule is CC(=O)c1ccc(N2CCN(C(=O)C3(N)CCCCC3)CC2)c(F)c1.Cl.Cl. The zero-order chi connectivity index (χ0) is 18.0. The van der Waals surface area contributed by atoms with E-state index in [2.05, 4.69) is 0 Å². The van der Waals surface area contributed by atoms with Gasteiger partial charge in [-0.2, -0.15) is 0 Å². The molecule has 0 radical (unpaired) electrons. The average Bonchev–Trinajstić information content (AvgIpc) is 2.62. The Balaban J connectivity index is 0.00000182. The summed E-state index contributed by atoms with van der Waals surface area (Å²) in [5, 5.41) is 0. The van der Waals surface area contributed by atoms with Crippen LogP contribution in [0.3, 0.4) is 0 Å². The van der Waals surface area contributed by atoms with E-state index in [1.165, 1.54) is 13.0 Å². The molecule has 1 saturated heterocycles. The number of nitrogens with two attached hydrogens (primary N) is 1. The second-order valence-electron chi connectivity index (χ2n) is 7.22. The van der Waals surface area contributed by atoms with Crippen molar-refractivity contribution >= 4 is 42.2 Å².